The third-order valence-corrected chi connectivity index (χ3v) is 10.1. The average molecular weight is 739 g/mol. The fourth-order valence-electron chi connectivity index (χ4n) is 7.36. The second-order valence-corrected chi connectivity index (χ2v) is 15.3. The summed E-state index contributed by atoms with van der Waals surface area (Å²) in [5.74, 6) is -0.222. The molecule has 1 saturated carbocycles. The molecule has 11 heteroatoms. The minimum Gasteiger partial charge on any atom is -0.484 e. The van der Waals surface area contributed by atoms with Crippen LogP contribution in [0.4, 0.5) is 4.79 Å². The normalized spacial score (nSPS) is 17.3. The number of hydrogen-bond donors (Lipinski definition) is 2. The third-order valence-electron chi connectivity index (χ3n) is 10.1. The van der Waals surface area contributed by atoms with Crippen molar-refractivity contribution in [1.29, 1.82) is 0 Å². The first kappa shape index (κ1) is 38.8. The number of methoxy groups -OCH3 is 1. The van der Waals surface area contributed by atoms with Crippen molar-refractivity contribution in [1.82, 2.24) is 19.7 Å². The molecule has 288 valence electrons. The minimum atomic E-state index is -0.647. The van der Waals surface area contributed by atoms with Gasteiger partial charge in [0.1, 0.15) is 11.4 Å². The Kier molecular flexibility index (Phi) is 12.6. The van der Waals surface area contributed by atoms with E-state index in [2.05, 4.69) is 57.4 Å². The lowest BCUT2D eigenvalue weighted by molar-refractivity contribution is -0.139. The second kappa shape index (κ2) is 17.5. The quantitative estimate of drug-likeness (QED) is 0.136. The third kappa shape index (κ3) is 9.81. The lowest BCUT2D eigenvalue weighted by atomic mass is 9.79. The monoisotopic (exact) mass is 738 g/mol. The number of rotatable bonds is 15. The number of aromatic nitrogens is 1. The van der Waals surface area contributed by atoms with Crippen LogP contribution in [0.15, 0.2) is 79.0 Å². The van der Waals surface area contributed by atoms with E-state index >= 15 is 4.79 Å². The fraction of sp³-hybridized carbons (Fsp3) is 0.465. The lowest BCUT2D eigenvalue weighted by Gasteiger charge is -2.40. The molecule has 2 N–H and O–H groups in total. The lowest BCUT2D eigenvalue weighted by Crippen LogP contribution is -2.51. The van der Waals surface area contributed by atoms with Crippen molar-refractivity contribution in [3.8, 4) is 16.9 Å². The highest BCUT2D eigenvalue weighted by Crippen LogP contribution is 2.40. The Labute approximate surface area is 318 Å². The van der Waals surface area contributed by atoms with Crippen LogP contribution in [0.5, 0.6) is 5.75 Å². The van der Waals surface area contributed by atoms with Crippen molar-refractivity contribution < 1.29 is 33.7 Å². The van der Waals surface area contributed by atoms with Crippen molar-refractivity contribution in [3.05, 3.63) is 90.1 Å². The number of hydrogen-bond acceptors (Lipinski definition) is 7. The molecule has 0 spiro atoms. The van der Waals surface area contributed by atoms with Gasteiger partial charge in [0.05, 0.1) is 12.5 Å². The van der Waals surface area contributed by atoms with Crippen LogP contribution in [0.25, 0.3) is 22.0 Å². The Morgan fingerprint density at radius 1 is 0.963 bits per heavy atom. The van der Waals surface area contributed by atoms with Gasteiger partial charge in [-0.2, -0.15) is 0 Å². The number of aryl methyl sites for hydroxylation is 1. The van der Waals surface area contributed by atoms with Crippen LogP contribution >= 0.6 is 0 Å². The summed E-state index contributed by atoms with van der Waals surface area (Å²) in [7, 11) is 1.72. The van der Waals surface area contributed by atoms with E-state index in [9.17, 15) is 9.59 Å². The van der Waals surface area contributed by atoms with Crippen LogP contribution in [0.1, 0.15) is 63.5 Å². The van der Waals surface area contributed by atoms with Crippen molar-refractivity contribution in [2.75, 3.05) is 46.6 Å². The Morgan fingerprint density at radius 3 is 2.46 bits per heavy atom. The van der Waals surface area contributed by atoms with E-state index < -0.39 is 17.6 Å². The van der Waals surface area contributed by atoms with Gasteiger partial charge < -0.3 is 39.0 Å². The van der Waals surface area contributed by atoms with Gasteiger partial charge in [-0.15, -0.1) is 0 Å². The number of amides is 3. The van der Waals surface area contributed by atoms with Crippen molar-refractivity contribution >= 4 is 28.8 Å². The number of piperidine rings is 1. The van der Waals surface area contributed by atoms with E-state index in [1.54, 1.807) is 12.0 Å². The predicted octanol–water partition coefficient (Wildman–Crippen LogP) is 6.36. The molecule has 0 unspecified atom stereocenters. The molecule has 4 aromatic rings. The molecule has 1 aliphatic heterocycles. The number of carbonyl (C=O) groups is 3. The number of benzene rings is 3. The smallest absolute Gasteiger partial charge is 0.410 e. The first-order chi connectivity index (χ1) is 26.0. The fourth-order valence-corrected chi connectivity index (χ4v) is 7.36. The van der Waals surface area contributed by atoms with E-state index in [0.29, 0.717) is 31.9 Å². The summed E-state index contributed by atoms with van der Waals surface area (Å²) in [4.78, 5) is 44.1. The highest BCUT2D eigenvalue weighted by Gasteiger charge is 2.43. The summed E-state index contributed by atoms with van der Waals surface area (Å²) in [6, 6.07) is 24.4. The Balaban J connectivity index is 1.26. The van der Waals surface area contributed by atoms with Crippen molar-refractivity contribution in [2.45, 2.75) is 77.1 Å². The summed E-state index contributed by atoms with van der Waals surface area (Å²) < 4.78 is 19.0. The van der Waals surface area contributed by atoms with E-state index in [1.807, 2.05) is 57.2 Å². The molecule has 2 fully saturated rings. The Hall–Kier alpha value is -4.87. The van der Waals surface area contributed by atoms with Gasteiger partial charge in [-0.05, 0) is 92.8 Å². The topological polar surface area (TPSA) is 123 Å². The Bertz CT molecular complexity index is 1900. The zero-order valence-corrected chi connectivity index (χ0v) is 32.0. The van der Waals surface area contributed by atoms with Crippen LogP contribution in [0, 0.1) is 5.92 Å². The highest BCUT2D eigenvalue weighted by molar-refractivity contribution is 5.86. The minimum absolute atomic E-state index is 0.0712. The van der Waals surface area contributed by atoms with Gasteiger partial charge in [-0.1, -0.05) is 54.6 Å². The molecular formula is C43H54N4O7. The predicted molar refractivity (Wildman–Crippen MR) is 208 cm³/mol. The maximum atomic E-state index is 15.0. The molecule has 3 aromatic carbocycles. The highest BCUT2D eigenvalue weighted by atomic mass is 16.6. The maximum absolute atomic E-state index is 15.0. The van der Waals surface area contributed by atoms with Crippen LogP contribution in [0.3, 0.4) is 0 Å². The maximum Gasteiger partial charge on any atom is 0.410 e. The number of ether oxygens (including phenoxy) is 3. The molecular weight excluding hydrogens is 684 g/mol. The van der Waals surface area contributed by atoms with E-state index in [4.69, 9.17) is 19.3 Å². The van der Waals surface area contributed by atoms with Gasteiger partial charge >= 0.3 is 6.09 Å². The van der Waals surface area contributed by atoms with Crippen LogP contribution in [-0.2, 0) is 32.2 Å². The molecule has 1 aromatic heterocycles. The molecule has 0 radical (unpaired) electrons. The van der Waals surface area contributed by atoms with Gasteiger partial charge in [0.2, 0.25) is 5.91 Å². The molecule has 0 bridgehead atoms. The zero-order chi connectivity index (χ0) is 38.2. The van der Waals surface area contributed by atoms with Crippen LogP contribution < -0.4 is 10.1 Å². The number of likely N-dealkylation sites (tertiary alicyclic amines) is 1. The van der Waals surface area contributed by atoms with Crippen LogP contribution in [0.2, 0.25) is 0 Å². The van der Waals surface area contributed by atoms with Gasteiger partial charge in [-0.25, -0.2) is 4.79 Å². The number of para-hydroxylation sites is 1. The number of carbonyl (C=O) groups excluding carboxylic acids is 3. The summed E-state index contributed by atoms with van der Waals surface area (Å²) in [5, 5.41) is 12.6. The molecule has 11 nitrogen and oxygen atoms in total. The second-order valence-electron chi connectivity index (χ2n) is 15.3. The number of nitrogens with one attached hydrogen (secondary N) is 1. The standard InChI is InChI=1S/C43H54N4O7/c1-43(2,3)54-42(51)46-22-19-36(32-10-7-9-31(25-32)30-13-17-35(18-14-30)53-29-40(49)44-20-23-48)38(28-46)41(50)47(34-15-16-34)27-33-26-45(21-8-24-52-4)39-12-6-5-11-37(33)39/h5-7,9-14,17-18,25-26,34,36,38,48H,8,15-16,19-24,27-29H2,1-4H3,(H,44,49)/t36-,38+/m1/s1. The molecule has 2 aliphatic rings. The number of aliphatic hydroxyl groups is 1. The molecule has 3 amide bonds. The van der Waals surface area contributed by atoms with Crippen LogP contribution in [-0.4, -0.2) is 95.6 Å². The summed E-state index contributed by atoms with van der Waals surface area (Å²) in [5.41, 5.74) is 4.66. The molecule has 54 heavy (non-hydrogen) atoms. The largest absolute Gasteiger partial charge is 0.484 e. The Morgan fingerprint density at radius 2 is 1.74 bits per heavy atom. The first-order valence-corrected chi connectivity index (χ1v) is 19.1. The van der Waals surface area contributed by atoms with Gasteiger partial charge in [-0.3, -0.25) is 9.59 Å². The van der Waals surface area contributed by atoms with Gasteiger partial charge in [0, 0.05) is 69.6 Å². The number of aliphatic hydroxyl groups excluding tert-OH is 1. The number of fused-ring (bicyclic) bond motifs is 1. The summed E-state index contributed by atoms with van der Waals surface area (Å²) in [6.07, 6.45) is 5.26. The van der Waals surface area contributed by atoms with E-state index in [0.717, 1.165) is 59.0 Å². The molecule has 1 saturated heterocycles. The van der Waals surface area contributed by atoms with Crippen molar-refractivity contribution in [3.63, 3.8) is 0 Å². The number of nitrogens with zero attached hydrogens (tertiary/aromatic N) is 3. The van der Waals surface area contributed by atoms with Crippen molar-refractivity contribution in [2.24, 2.45) is 5.92 Å². The summed E-state index contributed by atoms with van der Waals surface area (Å²) in [6.45, 7) is 8.29. The van der Waals surface area contributed by atoms with Gasteiger partial charge in [0.15, 0.2) is 6.61 Å². The SMILES string of the molecule is COCCCn1cc(CN(C(=O)[C@H]2CN(C(=O)OC(C)(C)C)CC[C@@H]2c2cccc(-c3ccc(OCC(=O)NCCO)cc3)c2)C2CC2)c2ccccc21. The van der Waals surface area contributed by atoms with Gasteiger partial charge in [0.25, 0.3) is 5.91 Å². The average Bonchev–Trinajstić information content (AvgIpc) is 3.96. The van der Waals surface area contributed by atoms with E-state index in [1.165, 1.54) is 0 Å². The molecule has 2 heterocycles. The molecule has 1 aliphatic carbocycles. The molecule has 6 rings (SSSR count). The summed E-state index contributed by atoms with van der Waals surface area (Å²) >= 11 is 0. The first-order valence-electron chi connectivity index (χ1n) is 19.1. The van der Waals surface area contributed by atoms with E-state index in [-0.39, 0.29) is 50.1 Å². The zero-order valence-electron chi connectivity index (χ0n) is 32.0. The molecule has 2 atom stereocenters.